The fraction of sp³-hybridized carbons (Fsp3) is 0.500. The zero-order valence-corrected chi connectivity index (χ0v) is 16.3. The Morgan fingerprint density at radius 2 is 2.04 bits per heavy atom. The van der Waals surface area contributed by atoms with Crippen molar-refractivity contribution in [2.24, 2.45) is 0 Å². The van der Waals surface area contributed by atoms with Crippen molar-refractivity contribution in [1.82, 2.24) is 14.9 Å². The second-order valence-corrected chi connectivity index (χ2v) is 8.20. The van der Waals surface area contributed by atoms with Gasteiger partial charge in [0.2, 0.25) is 5.95 Å². The van der Waals surface area contributed by atoms with E-state index in [0.717, 1.165) is 28.2 Å². The molecule has 1 fully saturated rings. The Morgan fingerprint density at radius 3 is 2.72 bits per heavy atom. The predicted octanol–water partition coefficient (Wildman–Crippen LogP) is 4.20. The van der Waals surface area contributed by atoms with Crippen LogP contribution in [0.5, 0.6) is 0 Å². The third-order valence-electron chi connectivity index (χ3n) is 4.02. The molecule has 1 N–H and O–H groups in total. The number of piperidine rings is 1. The van der Waals surface area contributed by atoms with Crippen LogP contribution in [-0.2, 0) is 4.74 Å². The van der Waals surface area contributed by atoms with Gasteiger partial charge in [-0.05, 0) is 51.8 Å². The molecule has 134 valence electrons. The van der Waals surface area contributed by atoms with Gasteiger partial charge in [-0.3, -0.25) is 0 Å². The summed E-state index contributed by atoms with van der Waals surface area (Å²) in [7, 11) is 0. The zero-order valence-electron chi connectivity index (χ0n) is 14.8. The van der Waals surface area contributed by atoms with Gasteiger partial charge in [-0.1, -0.05) is 15.9 Å². The summed E-state index contributed by atoms with van der Waals surface area (Å²) in [4.78, 5) is 22.8. The van der Waals surface area contributed by atoms with E-state index in [1.807, 2.05) is 45.2 Å². The smallest absolute Gasteiger partial charge is 0.410 e. The van der Waals surface area contributed by atoms with E-state index in [1.54, 1.807) is 4.90 Å². The summed E-state index contributed by atoms with van der Waals surface area (Å²) >= 11 is 3.45. The number of halogens is 1. The Labute approximate surface area is 156 Å². The number of carbonyl (C=O) groups excluding carboxylic acids is 1. The molecule has 1 aliphatic rings. The first kappa shape index (κ1) is 17.9. The average Bonchev–Trinajstić information content (AvgIpc) is 2.54. The van der Waals surface area contributed by atoms with Crippen molar-refractivity contribution in [3.63, 3.8) is 0 Å². The van der Waals surface area contributed by atoms with Gasteiger partial charge in [-0.2, -0.15) is 0 Å². The molecule has 2 aromatic rings. The van der Waals surface area contributed by atoms with Gasteiger partial charge in [0, 0.05) is 35.2 Å². The van der Waals surface area contributed by atoms with Gasteiger partial charge in [0.05, 0.1) is 5.52 Å². The van der Waals surface area contributed by atoms with E-state index in [9.17, 15) is 4.79 Å². The first-order valence-corrected chi connectivity index (χ1v) is 9.26. The monoisotopic (exact) mass is 406 g/mol. The van der Waals surface area contributed by atoms with Crippen molar-refractivity contribution in [3.8, 4) is 0 Å². The van der Waals surface area contributed by atoms with Crippen LogP contribution in [0.2, 0.25) is 0 Å². The van der Waals surface area contributed by atoms with Crippen molar-refractivity contribution < 1.29 is 9.53 Å². The van der Waals surface area contributed by atoms with Gasteiger partial charge in [0.15, 0.2) is 0 Å². The van der Waals surface area contributed by atoms with Crippen LogP contribution in [0.25, 0.3) is 10.9 Å². The fourth-order valence-corrected chi connectivity index (χ4v) is 3.17. The summed E-state index contributed by atoms with van der Waals surface area (Å²) in [5.41, 5.74) is 0.451. The topological polar surface area (TPSA) is 67.3 Å². The molecule has 3 rings (SSSR count). The Bertz CT molecular complexity index is 767. The number of fused-ring (bicyclic) bond motifs is 1. The highest BCUT2D eigenvalue weighted by Gasteiger charge is 2.27. The Kier molecular flexibility index (Phi) is 5.13. The summed E-state index contributed by atoms with van der Waals surface area (Å²) in [6.45, 7) is 7.00. The molecule has 1 aromatic carbocycles. The number of likely N-dealkylation sites (tertiary alicyclic amines) is 1. The van der Waals surface area contributed by atoms with Crippen LogP contribution in [0.4, 0.5) is 10.7 Å². The van der Waals surface area contributed by atoms with Gasteiger partial charge in [-0.25, -0.2) is 14.8 Å². The van der Waals surface area contributed by atoms with Gasteiger partial charge in [0.25, 0.3) is 0 Å². The molecule has 1 aromatic heterocycles. The number of hydrogen-bond donors (Lipinski definition) is 1. The molecule has 0 saturated carbocycles. The molecule has 0 unspecified atom stereocenters. The lowest BCUT2D eigenvalue weighted by Gasteiger charge is -2.33. The number of rotatable bonds is 2. The minimum Gasteiger partial charge on any atom is -0.444 e. The summed E-state index contributed by atoms with van der Waals surface area (Å²) in [5.74, 6) is 0.630. The minimum atomic E-state index is -0.458. The van der Waals surface area contributed by atoms with Crippen molar-refractivity contribution in [3.05, 3.63) is 28.9 Å². The largest absolute Gasteiger partial charge is 0.444 e. The van der Waals surface area contributed by atoms with Crippen molar-refractivity contribution in [1.29, 1.82) is 0 Å². The number of nitrogens with one attached hydrogen (secondary N) is 1. The van der Waals surface area contributed by atoms with E-state index >= 15 is 0 Å². The van der Waals surface area contributed by atoms with Gasteiger partial charge >= 0.3 is 6.09 Å². The molecule has 6 nitrogen and oxygen atoms in total. The van der Waals surface area contributed by atoms with Crippen LogP contribution in [0.15, 0.2) is 28.9 Å². The molecule has 0 radical (unpaired) electrons. The number of nitrogens with zero attached hydrogens (tertiary/aromatic N) is 3. The molecule has 0 spiro atoms. The highest BCUT2D eigenvalue weighted by molar-refractivity contribution is 9.10. The van der Waals surface area contributed by atoms with E-state index in [4.69, 9.17) is 4.74 Å². The third kappa shape index (κ3) is 4.81. The van der Waals surface area contributed by atoms with Crippen molar-refractivity contribution in [2.75, 3.05) is 18.4 Å². The second kappa shape index (κ2) is 7.15. The molecule has 0 bridgehead atoms. The number of ether oxygens (including phenoxy) is 1. The number of amides is 1. The SMILES string of the molecule is CC(C)(C)OC(=O)N1CCC(Nc2ncc3cc(Br)ccc3n2)CC1. The molecule has 7 heteroatoms. The summed E-state index contributed by atoms with van der Waals surface area (Å²) in [6, 6.07) is 6.19. The number of carbonyl (C=O) groups is 1. The Morgan fingerprint density at radius 1 is 1.32 bits per heavy atom. The van der Waals surface area contributed by atoms with Gasteiger partial charge in [-0.15, -0.1) is 0 Å². The van der Waals surface area contributed by atoms with E-state index in [2.05, 4.69) is 31.2 Å². The second-order valence-electron chi connectivity index (χ2n) is 7.28. The standard InChI is InChI=1S/C18H23BrN4O2/c1-18(2,3)25-17(24)23-8-6-14(7-9-23)21-16-20-11-12-10-13(19)4-5-15(12)22-16/h4-5,10-11,14H,6-9H2,1-3H3,(H,20,21,22). The number of hydrogen-bond acceptors (Lipinski definition) is 5. The number of aromatic nitrogens is 2. The summed E-state index contributed by atoms with van der Waals surface area (Å²) < 4.78 is 6.44. The maximum atomic E-state index is 12.1. The Hall–Kier alpha value is -1.89. The zero-order chi connectivity index (χ0) is 18.0. The maximum Gasteiger partial charge on any atom is 0.410 e. The third-order valence-corrected chi connectivity index (χ3v) is 4.51. The van der Waals surface area contributed by atoms with Crippen molar-refractivity contribution in [2.45, 2.75) is 45.3 Å². The molecular formula is C18H23BrN4O2. The first-order chi connectivity index (χ1) is 11.8. The molecule has 1 amide bonds. The van der Waals surface area contributed by atoms with Gasteiger partial charge in [0.1, 0.15) is 5.60 Å². The van der Waals surface area contributed by atoms with E-state index in [0.29, 0.717) is 19.0 Å². The molecule has 2 heterocycles. The highest BCUT2D eigenvalue weighted by Crippen LogP contribution is 2.21. The molecule has 25 heavy (non-hydrogen) atoms. The van der Waals surface area contributed by atoms with Crippen LogP contribution in [0.3, 0.4) is 0 Å². The van der Waals surface area contributed by atoms with Crippen LogP contribution in [0.1, 0.15) is 33.6 Å². The van der Waals surface area contributed by atoms with E-state index in [-0.39, 0.29) is 12.1 Å². The lowest BCUT2D eigenvalue weighted by molar-refractivity contribution is 0.0210. The van der Waals surface area contributed by atoms with Crippen LogP contribution in [0, 0.1) is 0 Å². The normalized spacial score (nSPS) is 16.1. The lowest BCUT2D eigenvalue weighted by atomic mass is 10.1. The first-order valence-electron chi connectivity index (χ1n) is 8.47. The number of anilines is 1. The van der Waals surface area contributed by atoms with E-state index in [1.165, 1.54) is 0 Å². The van der Waals surface area contributed by atoms with Gasteiger partial charge < -0.3 is 15.0 Å². The molecule has 0 aliphatic carbocycles. The summed E-state index contributed by atoms with van der Waals surface area (Å²) in [6.07, 6.45) is 3.28. The van der Waals surface area contributed by atoms with E-state index < -0.39 is 5.60 Å². The molecular weight excluding hydrogens is 384 g/mol. The van der Waals surface area contributed by atoms with Crippen molar-refractivity contribution >= 4 is 38.9 Å². The lowest BCUT2D eigenvalue weighted by Crippen LogP contribution is -2.44. The average molecular weight is 407 g/mol. The van der Waals surface area contributed by atoms with Crippen LogP contribution < -0.4 is 5.32 Å². The molecule has 1 aliphatic heterocycles. The fourth-order valence-electron chi connectivity index (χ4n) is 2.79. The van der Waals surface area contributed by atoms with Crippen LogP contribution >= 0.6 is 15.9 Å². The van der Waals surface area contributed by atoms with Crippen LogP contribution in [-0.4, -0.2) is 45.7 Å². The predicted molar refractivity (Wildman–Crippen MR) is 102 cm³/mol. The molecule has 1 saturated heterocycles. The maximum absolute atomic E-state index is 12.1. The minimum absolute atomic E-state index is 0.238. The number of benzene rings is 1. The molecule has 0 atom stereocenters. The summed E-state index contributed by atoms with van der Waals surface area (Å²) in [5, 5.41) is 4.38. The quantitative estimate of drug-likeness (QED) is 0.808. The highest BCUT2D eigenvalue weighted by atomic mass is 79.9. The Balaban J connectivity index is 1.57.